The number of benzene rings is 1. The van der Waals surface area contributed by atoms with Crippen molar-refractivity contribution in [2.75, 3.05) is 6.54 Å². The first-order valence-electron chi connectivity index (χ1n) is 5.41. The molecule has 1 aliphatic rings. The van der Waals surface area contributed by atoms with E-state index in [-0.39, 0.29) is 30.3 Å². The minimum absolute atomic E-state index is 0.0908. The van der Waals surface area contributed by atoms with Crippen LogP contribution in [-0.4, -0.2) is 29.4 Å². The molecule has 0 spiro atoms. The van der Waals surface area contributed by atoms with E-state index in [2.05, 4.69) is 5.32 Å². The van der Waals surface area contributed by atoms with E-state index >= 15 is 0 Å². The van der Waals surface area contributed by atoms with Gasteiger partial charge in [-0.2, -0.15) is 0 Å². The molecule has 1 fully saturated rings. The second kappa shape index (κ2) is 4.53. The number of hydrogen-bond acceptors (Lipinski definition) is 2. The van der Waals surface area contributed by atoms with E-state index in [0.29, 0.717) is 6.42 Å². The summed E-state index contributed by atoms with van der Waals surface area (Å²) in [7, 11) is 0. The maximum atomic E-state index is 12.7. The number of rotatable bonds is 3. The van der Waals surface area contributed by atoms with E-state index in [9.17, 15) is 14.0 Å². The second-order valence-corrected chi connectivity index (χ2v) is 4.16. The highest BCUT2D eigenvalue weighted by Crippen LogP contribution is 2.12. The molecule has 1 N–H and O–H groups in total. The Kier molecular flexibility index (Phi) is 3.08. The largest absolute Gasteiger partial charge is 0.324 e. The van der Waals surface area contributed by atoms with Gasteiger partial charge < -0.3 is 4.90 Å². The number of carbonyl (C=O) groups is 2. The Balaban J connectivity index is 2.01. The summed E-state index contributed by atoms with van der Waals surface area (Å²) in [5.41, 5.74) is 0.936. The molecule has 0 aliphatic carbocycles. The van der Waals surface area contributed by atoms with Crippen LogP contribution in [0.15, 0.2) is 24.3 Å². The molecule has 1 unspecified atom stereocenters. The molecule has 5 heteroatoms. The lowest BCUT2D eigenvalue weighted by molar-refractivity contribution is -0.118. The van der Waals surface area contributed by atoms with Crippen LogP contribution >= 0.6 is 0 Å². The van der Waals surface area contributed by atoms with Crippen LogP contribution in [0.5, 0.6) is 0 Å². The molecule has 0 aromatic heterocycles. The second-order valence-electron chi connectivity index (χ2n) is 4.16. The number of hydrogen-bond donors (Lipinski definition) is 1. The Morgan fingerprint density at radius 1 is 1.35 bits per heavy atom. The zero-order valence-electron chi connectivity index (χ0n) is 9.44. The number of amides is 3. The Bertz CT molecular complexity index is 444. The lowest BCUT2D eigenvalue weighted by atomic mass is 10.1. The summed E-state index contributed by atoms with van der Waals surface area (Å²) >= 11 is 0. The lowest BCUT2D eigenvalue weighted by Gasteiger charge is -2.22. The molecule has 1 atom stereocenters. The third kappa shape index (κ3) is 2.61. The van der Waals surface area contributed by atoms with Crippen LogP contribution in [0.3, 0.4) is 0 Å². The van der Waals surface area contributed by atoms with Gasteiger partial charge in [-0.05, 0) is 31.0 Å². The quantitative estimate of drug-likeness (QED) is 0.804. The van der Waals surface area contributed by atoms with E-state index < -0.39 is 0 Å². The van der Waals surface area contributed by atoms with Crippen molar-refractivity contribution in [2.45, 2.75) is 19.4 Å². The predicted molar refractivity (Wildman–Crippen MR) is 59.8 cm³/mol. The van der Waals surface area contributed by atoms with Crippen molar-refractivity contribution < 1.29 is 14.0 Å². The number of carbonyl (C=O) groups excluding carboxylic acids is 2. The van der Waals surface area contributed by atoms with E-state index in [1.807, 2.05) is 6.92 Å². The van der Waals surface area contributed by atoms with Crippen molar-refractivity contribution in [2.24, 2.45) is 0 Å². The summed E-state index contributed by atoms with van der Waals surface area (Å²) in [5, 5.41) is 2.23. The van der Waals surface area contributed by atoms with Crippen molar-refractivity contribution in [1.29, 1.82) is 0 Å². The van der Waals surface area contributed by atoms with Gasteiger partial charge in [0.25, 0.3) is 0 Å². The van der Waals surface area contributed by atoms with Crippen LogP contribution in [-0.2, 0) is 11.2 Å². The highest BCUT2D eigenvalue weighted by molar-refractivity contribution is 6.02. The fourth-order valence-corrected chi connectivity index (χ4v) is 1.88. The summed E-state index contributed by atoms with van der Waals surface area (Å²) < 4.78 is 12.7. The molecule has 3 amide bonds. The molecule has 1 aromatic rings. The minimum Gasteiger partial charge on any atom is -0.312 e. The monoisotopic (exact) mass is 236 g/mol. The molecule has 4 nitrogen and oxygen atoms in total. The fourth-order valence-electron chi connectivity index (χ4n) is 1.88. The van der Waals surface area contributed by atoms with Gasteiger partial charge in [-0.15, -0.1) is 0 Å². The molecule has 17 heavy (non-hydrogen) atoms. The highest BCUT2D eigenvalue weighted by Gasteiger charge is 2.30. The first-order valence-corrected chi connectivity index (χ1v) is 5.41. The Hall–Kier alpha value is -1.91. The van der Waals surface area contributed by atoms with Gasteiger partial charge in [-0.1, -0.05) is 12.1 Å². The van der Waals surface area contributed by atoms with E-state index in [0.717, 1.165) is 5.56 Å². The SMILES string of the molecule is CC(Cc1ccc(F)cc1)N1CC(=O)NC1=O. The van der Waals surface area contributed by atoms with Crippen LogP contribution in [0.1, 0.15) is 12.5 Å². The van der Waals surface area contributed by atoms with Gasteiger partial charge in [0, 0.05) is 6.04 Å². The molecule has 0 saturated carbocycles. The van der Waals surface area contributed by atoms with E-state index in [1.165, 1.54) is 17.0 Å². The van der Waals surface area contributed by atoms with Crippen molar-refractivity contribution in [3.05, 3.63) is 35.6 Å². The maximum absolute atomic E-state index is 12.7. The van der Waals surface area contributed by atoms with E-state index in [1.54, 1.807) is 12.1 Å². The van der Waals surface area contributed by atoms with Crippen LogP contribution in [0.2, 0.25) is 0 Å². The van der Waals surface area contributed by atoms with Gasteiger partial charge in [0.2, 0.25) is 5.91 Å². The molecular weight excluding hydrogens is 223 g/mol. The van der Waals surface area contributed by atoms with Crippen LogP contribution in [0, 0.1) is 5.82 Å². The molecule has 2 rings (SSSR count). The fraction of sp³-hybridized carbons (Fsp3) is 0.333. The third-order valence-electron chi connectivity index (χ3n) is 2.80. The normalized spacial score (nSPS) is 17.2. The first-order chi connectivity index (χ1) is 8.06. The van der Waals surface area contributed by atoms with Crippen LogP contribution < -0.4 is 5.32 Å². The highest BCUT2D eigenvalue weighted by atomic mass is 19.1. The van der Waals surface area contributed by atoms with Gasteiger partial charge in [0.15, 0.2) is 0 Å². The van der Waals surface area contributed by atoms with Gasteiger partial charge in [-0.25, -0.2) is 9.18 Å². The molecule has 1 heterocycles. The molecule has 1 saturated heterocycles. The Labute approximate surface area is 98.4 Å². The van der Waals surface area contributed by atoms with E-state index in [4.69, 9.17) is 0 Å². The van der Waals surface area contributed by atoms with Gasteiger partial charge in [0.1, 0.15) is 12.4 Å². The number of halogens is 1. The summed E-state index contributed by atoms with van der Waals surface area (Å²) in [6.07, 6.45) is 0.598. The summed E-state index contributed by atoms with van der Waals surface area (Å²) in [5.74, 6) is -0.559. The number of nitrogens with zero attached hydrogens (tertiary/aromatic N) is 1. The van der Waals surface area contributed by atoms with Crippen LogP contribution in [0.4, 0.5) is 9.18 Å². The van der Waals surface area contributed by atoms with Crippen LogP contribution in [0.25, 0.3) is 0 Å². The smallest absolute Gasteiger partial charge is 0.312 e. The van der Waals surface area contributed by atoms with Crippen molar-refractivity contribution in [1.82, 2.24) is 10.2 Å². The molecular formula is C12H13FN2O2. The van der Waals surface area contributed by atoms with Gasteiger partial charge >= 0.3 is 6.03 Å². The molecule has 90 valence electrons. The average Bonchev–Trinajstić information content (AvgIpc) is 2.61. The zero-order valence-corrected chi connectivity index (χ0v) is 9.44. The summed E-state index contributed by atoms with van der Waals surface area (Å²) in [6.45, 7) is 1.96. The summed E-state index contributed by atoms with van der Waals surface area (Å²) in [4.78, 5) is 23.9. The third-order valence-corrected chi connectivity index (χ3v) is 2.80. The Morgan fingerprint density at radius 3 is 2.53 bits per heavy atom. The van der Waals surface area contributed by atoms with Crippen molar-refractivity contribution >= 4 is 11.9 Å². The zero-order chi connectivity index (χ0) is 12.4. The topological polar surface area (TPSA) is 49.4 Å². The number of imide groups is 1. The summed E-state index contributed by atoms with van der Waals surface area (Å²) in [6, 6.07) is 5.69. The average molecular weight is 236 g/mol. The minimum atomic E-state index is -0.357. The van der Waals surface area contributed by atoms with Gasteiger partial charge in [-0.3, -0.25) is 10.1 Å². The van der Waals surface area contributed by atoms with Gasteiger partial charge in [0.05, 0.1) is 0 Å². The van der Waals surface area contributed by atoms with Crippen molar-refractivity contribution in [3.8, 4) is 0 Å². The number of nitrogens with one attached hydrogen (secondary N) is 1. The number of urea groups is 1. The predicted octanol–water partition coefficient (Wildman–Crippen LogP) is 1.31. The molecule has 1 aliphatic heterocycles. The van der Waals surface area contributed by atoms with Crippen molar-refractivity contribution in [3.63, 3.8) is 0 Å². The molecule has 0 radical (unpaired) electrons. The first kappa shape index (κ1) is 11.6. The Morgan fingerprint density at radius 2 is 2.00 bits per heavy atom. The molecule has 0 bridgehead atoms. The molecule has 1 aromatic carbocycles. The lowest BCUT2D eigenvalue weighted by Crippen LogP contribution is -2.37. The maximum Gasteiger partial charge on any atom is 0.324 e. The standard InChI is InChI=1S/C12H13FN2O2/c1-8(15-7-11(16)14-12(15)17)6-9-2-4-10(13)5-3-9/h2-5,8H,6-7H2,1H3,(H,14,16,17).